The molecule has 0 bridgehead atoms. The number of carboxylic acids is 1. The predicted octanol–water partition coefficient (Wildman–Crippen LogP) is -9.31. The van der Waals surface area contributed by atoms with Crippen LogP contribution < -0.4 is 127 Å². The van der Waals surface area contributed by atoms with Crippen molar-refractivity contribution in [3.8, 4) is 0 Å². The number of hydrogen-bond donors (Lipinski definition) is 26. The maximum atomic E-state index is 15.2. The van der Waals surface area contributed by atoms with Gasteiger partial charge in [0.05, 0.1) is 18.7 Å². The largest absolute Gasteiger partial charge is 0.480 e. The van der Waals surface area contributed by atoms with Gasteiger partial charge in [-0.3, -0.25) is 77.3 Å². The lowest BCUT2D eigenvalue weighted by Crippen LogP contribution is -2.61. The zero-order valence-corrected chi connectivity index (χ0v) is 64.5. The number of hydrogen-bond acceptors (Lipinski definition) is 22. The average Bonchev–Trinajstić information content (AvgIpc) is 1.75. The Morgan fingerprint density at radius 2 is 0.886 bits per heavy atom. The Kier molecular flexibility index (Phi) is 43.3. The van der Waals surface area contributed by atoms with Crippen molar-refractivity contribution in [2.75, 3.05) is 45.8 Å². The quantitative estimate of drug-likeness (QED) is 0.0166. The molecule has 0 radical (unpaired) electrons. The number of aromatic amines is 2. The Hall–Kier alpha value is -12.2. The molecular weight excluding hydrogens is 1490 g/mol. The molecule has 1 aliphatic heterocycles. The summed E-state index contributed by atoms with van der Waals surface area (Å²) in [6.07, 6.45) is 4.73. The highest BCUT2D eigenvalue weighted by atomic mass is 16.4. The van der Waals surface area contributed by atoms with Crippen molar-refractivity contribution < 1.29 is 77.0 Å². The number of carboxylic acid groups (broad SMARTS) is 1. The van der Waals surface area contributed by atoms with E-state index in [1.165, 1.54) is 32.0 Å². The number of carbonyl (C=O) groups is 15. The molecule has 2 aromatic rings. The van der Waals surface area contributed by atoms with Gasteiger partial charge in [-0.1, -0.05) is 20.3 Å². The molecule has 3 heterocycles. The molecule has 0 aliphatic carbocycles. The standard InChI is InChI=1S/C67H117N31O16/c1-4-35(2)50(60(109)94-40(14-5-6-22-68)52(101)88-36(3)62(111)112)97-57(106)44(16-9-25-83-65(75)76)91-58(107)46(29-37-31-79-33-86-37)95-55(104)43(18-11-27-85-67(78)114)93-59(108)48-19-12-28-98(48)61(110)47(30-38-32-80-34-87-38)96-56(105)45(20-21-49(70)99)92-54(103)42(15-8-24-82-64(73)74)90-53(102)41(17-10-26-84-66(77)113)89-51(100)39(69)13-7-23-81-63(71)72/h31-36,39-48,50H,4-30,68-69H2,1-3H3,(H2,70,99)(H,79,86)(H,80,87)(H,88,101)(H,89,100)(H,90,102)(H,91,107)(H,92,103)(H,93,108)(H,94,109)(H,95,104)(H,96,105)(H,97,106)(H,111,112)(H4,71,72,81)(H4,73,74,82)(H4,75,76,83)(H3,77,84,113)(H3,78,85,114)/t35-,36-,39-,40-,41-,42-,43-,44-,45-,46-,47-,48-,50-/m0/s1. The van der Waals surface area contributed by atoms with Crippen molar-refractivity contribution in [3.05, 3.63) is 36.4 Å². The third-order valence-electron chi connectivity index (χ3n) is 18.1. The van der Waals surface area contributed by atoms with Gasteiger partial charge in [-0.05, 0) is 122 Å². The number of H-pyrrole nitrogens is 2. The van der Waals surface area contributed by atoms with Crippen molar-refractivity contribution in [2.45, 2.75) is 222 Å². The number of unbranched alkanes of at least 4 members (excludes halogenated alkanes) is 1. The Morgan fingerprint density at radius 1 is 0.491 bits per heavy atom. The maximum Gasteiger partial charge on any atom is 0.325 e. The molecule has 0 saturated carbocycles. The van der Waals surface area contributed by atoms with Gasteiger partial charge in [-0.25, -0.2) is 19.6 Å². The lowest BCUT2D eigenvalue weighted by molar-refractivity contribution is -0.142. The molecule has 47 nitrogen and oxygen atoms in total. The van der Waals surface area contributed by atoms with Crippen molar-refractivity contribution in [3.63, 3.8) is 0 Å². The second-order valence-corrected chi connectivity index (χ2v) is 27.3. The van der Waals surface area contributed by atoms with Crippen LogP contribution in [0.15, 0.2) is 40.0 Å². The number of amides is 16. The summed E-state index contributed by atoms with van der Waals surface area (Å²) in [6.45, 7) is 4.67. The van der Waals surface area contributed by atoms with E-state index in [2.05, 4.69) is 98.7 Å². The maximum absolute atomic E-state index is 15.2. The lowest BCUT2D eigenvalue weighted by atomic mass is 9.96. The number of imidazole rings is 2. The summed E-state index contributed by atoms with van der Waals surface area (Å²) in [5.41, 5.74) is 61.7. The minimum atomic E-state index is -1.69. The molecular formula is C67H117N31O16. The fourth-order valence-electron chi connectivity index (χ4n) is 11.7. The van der Waals surface area contributed by atoms with Crippen LogP contribution in [0.3, 0.4) is 0 Å². The summed E-state index contributed by atoms with van der Waals surface area (Å²) in [7, 11) is 0. The van der Waals surface area contributed by atoms with Crippen LogP contribution in [0.5, 0.6) is 0 Å². The Bertz CT molecular complexity index is 3570. The summed E-state index contributed by atoms with van der Waals surface area (Å²) < 4.78 is 0. The van der Waals surface area contributed by atoms with Gasteiger partial charge in [-0.15, -0.1) is 0 Å². The van der Waals surface area contributed by atoms with Crippen LogP contribution in [0.25, 0.3) is 0 Å². The van der Waals surface area contributed by atoms with Gasteiger partial charge in [0, 0.05) is 82.3 Å². The Labute approximate surface area is 658 Å². The minimum absolute atomic E-state index is 0.0103. The molecule has 1 fully saturated rings. The molecule has 47 heteroatoms. The van der Waals surface area contributed by atoms with Crippen LogP contribution >= 0.6 is 0 Å². The van der Waals surface area contributed by atoms with Crippen molar-refractivity contribution in [1.82, 2.24) is 88.6 Å². The summed E-state index contributed by atoms with van der Waals surface area (Å²) in [4.78, 5) is 233. The predicted molar refractivity (Wildman–Crippen MR) is 414 cm³/mol. The highest BCUT2D eigenvalue weighted by Crippen LogP contribution is 2.22. The SMILES string of the molecule is CC[C@H](C)[C@H](NC(=O)[C@H](CCCN=C(N)N)NC(=O)[C@H](Cc1cnc[nH]1)NC(=O)[C@H](CCCNC(N)=O)NC(=O)[C@@H]1CCCN1C(=O)[C@H](Cc1cnc[nH]1)NC(=O)[C@H](CCC(N)=O)NC(=O)[C@H](CCCN=C(N)N)NC(=O)[C@H](CCCNC(N)=O)NC(=O)[C@@H](N)CCCN=C(N)N)C(=O)N[C@@H](CCCCN)C(=O)N[C@@H](C)C(=O)O. The van der Waals surface area contributed by atoms with Gasteiger partial charge < -0.3 is 147 Å². The zero-order chi connectivity index (χ0) is 85.0. The molecule has 3 rings (SSSR count). The number of nitrogens with one attached hydrogen (secondary N) is 14. The number of primary amides is 3. The summed E-state index contributed by atoms with van der Waals surface area (Å²) in [5, 5.41) is 40.4. The summed E-state index contributed by atoms with van der Waals surface area (Å²) in [6, 6.07) is -19.1. The Morgan fingerprint density at radius 3 is 1.32 bits per heavy atom. The molecule has 0 unspecified atom stereocenters. The molecule has 636 valence electrons. The van der Waals surface area contributed by atoms with Gasteiger partial charge in [0.25, 0.3) is 0 Å². The molecule has 1 saturated heterocycles. The fraction of sp³-hybridized carbons (Fsp3) is 0.642. The fourth-order valence-corrected chi connectivity index (χ4v) is 11.7. The number of aliphatic carboxylic acids is 1. The first kappa shape index (κ1) is 96.0. The van der Waals surface area contributed by atoms with Crippen molar-refractivity contribution in [1.29, 1.82) is 0 Å². The first-order valence-corrected chi connectivity index (χ1v) is 37.5. The highest BCUT2D eigenvalue weighted by Gasteiger charge is 2.42. The van der Waals surface area contributed by atoms with E-state index in [0.717, 1.165) is 4.90 Å². The van der Waals surface area contributed by atoms with Crippen molar-refractivity contribution >= 4 is 107 Å². The van der Waals surface area contributed by atoms with E-state index in [1.54, 1.807) is 13.8 Å². The van der Waals surface area contributed by atoms with Crippen LogP contribution in [0.4, 0.5) is 9.59 Å². The molecule has 37 N–H and O–H groups in total. The van der Waals surface area contributed by atoms with Crippen LogP contribution in [0, 0.1) is 5.92 Å². The average molecular weight is 1610 g/mol. The first-order valence-electron chi connectivity index (χ1n) is 37.5. The number of aliphatic imine (C=N–C) groups is 3. The Balaban J connectivity index is 2.06. The van der Waals surface area contributed by atoms with Gasteiger partial charge in [0.2, 0.25) is 70.9 Å². The number of carbonyl (C=O) groups excluding carboxylic acids is 14. The third kappa shape index (κ3) is 36.8. The second kappa shape index (κ2) is 51.4. The number of nitrogens with zero attached hydrogens (tertiary/aromatic N) is 6. The monoisotopic (exact) mass is 1610 g/mol. The van der Waals surface area contributed by atoms with E-state index in [-0.39, 0.29) is 166 Å². The lowest BCUT2D eigenvalue weighted by Gasteiger charge is -2.31. The van der Waals surface area contributed by atoms with Crippen LogP contribution in [-0.2, 0) is 75.2 Å². The number of likely N-dealkylation sites (tertiary alicyclic amines) is 1. The van der Waals surface area contributed by atoms with Crippen LogP contribution in [-0.4, -0.2) is 255 Å². The van der Waals surface area contributed by atoms with Gasteiger partial charge in [-0.2, -0.15) is 0 Å². The molecule has 13 atom stereocenters. The van der Waals surface area contributed by atoms with Crippen molar-refractivity contribution in [2.24, 2.45) is 84.0 Å². The van der Waals surface area contributed by atoms with E-state index in [0.29, 0.717) is 25.0 Å². The molecule has 1 aliphatic rings. The summed E-state index contributed by atoms with van der Waals surface area (Å²) >= 11 is 0. The van der Waals surface area contributed by atoms with Crippen LogP contribution in [0.1, 0.15) is 148 Å². The second-order valence-electron chi connectivity index (χ2n) is 27.3. The topological polar surface area (TPSA) is 805 Å². The molecule has 2 aromatic heterocycles. The number of nitrogens with two attached hydrogens (primary N) is 11. The molecule has 114 heavy (non-hydrogen) atoms. The molecule has 16 amide bonds. The van der Waals surface area contributed by atoms with Gasteiger partial charge >= 0.3 is 18.0 Å². The van der Waals surface area contributed by atoms with Crippen LogP contribution in [0.2, 0.25) is 0 Å². The smallest absolute Gasteiger partial charge is 0.325 e. The van der Waals surface area contributed by atoms with Gasteiger partial charge in [0.1, 0.15) is 66.5 Å². The van der Waals surface area contributed by atoms with E-state index < -0.39 is 180 Å². The molecule has 0 spiro atoms. The highest BCUT2D eigenvalue weighted by molar-refractivity contribution is 6.00. The summed E-state index contributed by atoms with van der Waals surface area (Å²) in [5.74, 6) is -13.6. The third-order valence-corrected chi connectivity index (χ3v) is 18.1. The molecule has 0 aromatic carbocycles. The van der Waals surface area contributed by atoms with E-state index in [4.69, 9.17) is 63.1 Å². The van der Waals surface area contributed by atoms with E-state index >= 15 is 4.79 Å². The number of guanidine groups is 3. The normalized spacial score (nSPS) is 15.4. The number of aromatic nitrogens is 4. The zero-order valence-electron chi connectivity index (χ0n) is 64.5. The minimum Gasteiger partial charge on any atom is -0.480 e. The number of urea groups is 2. The number of rotatable bonds is 55. The van der Waals surface area contributed by atoms with E-state index in [1.807, 2.05) is 0 Å². The van der Waals surface area contributed by atoms with Gasteiger partial charge in [0.15, 0.2) is 17.9 Å². The van der Waals surface area contributed by atoms with E-state index in [9.17, 15) is 72.2 Å². The first-order chi connectivity index (χ1) is 54.0.